The Morgan fingerprint density at radius 3 is 2.17 bits per heavy atom. The largest absolute Gasteiger partial charge is 0.495 e. The fraction of sp³-hybridized carbons (Fsp3) is 0.500. The Balaban J connectivity index is 2.38. The van der Waals surface area contributed by atoms with Crippen molar-refractivity contribution >= 4 is 25.0 Å². The van der Waals surface area contributed by atoms with E-state index in [2.05, 4.69) is 39.4 Å². The van der Waals surface area contributed by atoms with E-state index in [4.69, 9.17) is 9.31 Å². The van der Waals surface area contributed by atoms with Crippen LogP contribution in [0, 0.1) is 6.92 Å². The molecule has 0 amide bonds. The van der Waals surface area contributed by atoms with E-state index in [0.717, 1.165) is 16.7 Å². The lowest BCUT2D eigenvalue weighted by atomic mass is 9.76. The third kappa shape index (κ3) is 2.00. The highest BCUT2D eigenvalue weighted by molar-refractivity contribution is 6.62. The molecule has 1 aliphatic rings. The van der Waals surface area contributed by atoms with E-state index in [1.807, 2.05) is 25.1 Å². The van der Waals surface area contributed by atoms with Crippen LogP contribution in [0.3, 0.4) is 0 Å². The van der Waals surface area contributed by atoms with Crippen molar-refractivity contribution in [2.75, 3.05) is 0 Å². The van der Waals surface area contributed by atoms with Gasteiger partial charge in [0.05, 0.1) is 16.9 Å². The first-order valence-electron chi connectivity index (χ1n) is 6.20. The van der Waals surface area contributed by atoms with E-state index >= 15 is 0 Å². The van der Waals surface area contributed by atoms with E-state index in [-0.39, 0.29) is 18.3 Å². The second kappa shape index (κ2) is 4.21. The first-order chi connectivity index (χ1) is 8.28. The van der Waals surface area contributed by atoms with Gasteiger partial charge >= 0.3 is 7.12 Å². The molecule has 1 aliphatic heterocycles. The van der Waals surface area contributed by atoms with Gasteiger partial charge in [-0.2, -0.15) is 0 Å². The van der Waals surface area contributed by atoms with Crippen LogP contribution in [0.2, 0.25) is 0 Å². The number of aliphatic imine (C=N–C) groups is 1. The molecule has 1 fully saturated rings. The van der Waals surface area contributed by atoms with Crippen molar-refractivity contribution in [2.45, 2.75) is 45.8 Å². The van der Waals surface area contributed by atoms with Crippen LogP contribution < -0.4 is 5.46 Å². The Morgan fingerprint density at radius 1 is 1.11 bits per heavy atom. The van der Waals surface area contributed by atoms with Crippen LogP contribution in [-0.2, 0) is 9.31 Å². The molecule has 1 saturated heterocycles. The van der Waals surface area contributed by atoms with Crippen LogP contribution in [0.15, 0.2) is 23.2 Å². The molecule has 2 rings (SSSR count). The highest BCUT2D eigenvalue weighted by Crippen LogP contribution is 2.37. The predicted octanol–water partition coefficient (Wildman–Crippen LogP) is 2.63. The van der Waals surface area contributed by atoms with E-state index < -0.39 is 0 Å². The van der Waals surface area contributed by atoms with Gasteiger partial charge in [-0.15, -0.1) is 0 Å². The molecule has 0 aromatic heterocycles. The Morgan fingerprint density at radius 2 is 1.67 bits per heavy atom. The molecule has 0 spiro atoms. The average molecular weight is 245 g/mol. The molecule has 0 N–H and O–H groups in total. The van der Waals surface area contributed by atoms with Crippen LogP contribution in [-0.4, -0.2) is 25.0 Å². The van der Waals surface area contributed by atoms with E-state index in [0.29, 0.717) is 0 Å². The van der Waals surface area contributed by atoms with Gasteiger partial charge in [0.1, 0.15) is 0 Å². The molecule has 3 nitrogen and oxygen atoms in total. The zero-order valence-electron chi connectivity index (χ0n) is 11.8. The summed E-state index contributed by atoms with van der Waals surface area (Å²) in [5, 5.41) is 0. The number of rotatable bonds is 2. The maximum atomic E-state index is 6.05. The zero-order valence-corrected chi connectivity index (χ0v) is 11.8. The van der Waals surface area contributed by atoms with E-state index in [1.54, 1.807) is 0 Å². The number of hydrogen-bond donors (Lipinski definition) is 0. The van der Waals surface area contributed by atoms with E-state index in [1.165, 1.54) is 0 Å². The Bertz CT molecular complexity index is 467. The lowest BCUT2D eigenvalue weighted by molar-refractivity contribution is 0.00578. The highest BCUT2D eigenvalue weighted by atomic mass is 16.7. The van der Waals surface area contributed by atoms with Crippen molar-refractivity contribution in [2.24, 2.45) is 4.99 Å². The minimum Gasteiger partial charge on any atom is -0.399 e. The van der Waals surface area contributed by atoms with Gasteiger partial charge in [0.15, 0.2) is 0 Å². The predicted molar refractivity (Wildman–Crippen MR) is 76.1 cm³/mol. The molecule has 0 unspecified atom stereocenters. The zero-order chi connectivity index (χ0) is 13.6. The van der Waals surface area contributed by atoms with Crippen molar-refractivity contribution < 1.29 is 9.31 Å². The fourth-order valence-electron chi connectivity index (χ4n) is 2.04. The second-order valence-corrected chi connectivity index (χ2v) is 5.74. The first kappa shape index (κ1) is 13.3. The number of hydrogen-bond acceptors (Lipinski definition) is 3. The van der Waals surface area contributed by atoms with Crippen molar-refractivity contribution in [3.8, 4) is 0 Å². The molecule has 1 aromatic rings. The van der Waals surface area contributed by atoms with Crippen LogP contribution in [0.4, 0.5) is 5.69 Å². The molecule has 0 bridgehead atoms. The van der Waals surface area contributed by atoms with Gasteiger partial charge in [-0.25, -0.2) is 0 Å². The maximum Gasteiger partial charge on any atom is 0.495 e. The summed E-state index contributed by atoms with van der Waals surface area (Å²) in [5.74, 6) is 0. The standard InChI is InChI=1S/C14H20BNO2/c1-10-11(8-7-9-12(10)16-6)15-17-13(2,3)14(4,5)18-15/h7-9H,6H2,1-5H3. The van der Waals surface area contributed by atoms with Crippen LogP contribution in [0.5, 0.6) is 0 Å². The topological polar surface area (TPSA) is 30.8 Å². The Kier molecular flexibility index (Phi) is 3.12. The van der Waals surface area contributed by atoms with Gasteiger partial charge in [0, 0.05) is 0 Å². The summed E-state index contributed by atoms with van der Waals surface area (Å²) < 4.78 is 12.1. The summed E-state index contributed by atoms with van der Waals surface area (Å²) in [6, 6.07) is 5.92. The quantitative estimate of drug-likeness (QED) is 0.592. The maximum absolute atomic E-state index is 6.05. The minimum atomic E-state index is -0.336. The molecule has 18 heavy (non-hydrogen) atoms. The van der Waals surface area contributed by atoms with Gasteiger partial charge in [-0.3, -0.25) is 4.99 Å². The smallest absolute Gasteiger partial charge is 0.399 e. The summed E-state index contributed by atoms with van der Waals surface area (Å²) >= 11 is 0. The van der Waals surface area contributed by atoms with Crippen molar-refractivity contribution in [3.63, 3.8) is 0 Å². The molecule has 0 aliphatic carbocycles. The fourth-order valence-corrected chi connectivity index (χ4v) is 2.04. The number of nitrogens with zero attached hydrogens (tertiary/aromatic N) is 1. The lowest BCUT2D eigenvalue weighted by Crippen LogP contribution is -2.41. The molecule has 0 atom stereocenters. The summed E-state index contributed by atoms with van der Waals surface area (Å²) in [6.07, 6.45) is 0. The van der Waals surface area contributed by atoms with Gasteiger partial charge in [-0.05, 0) is 58.4 Å². The molecule has 0 radical (unpaired) electrons. The normalized spacial score (nSPS) is 21.1. The molecule has 4 heteroatoms. The average Bonchev–Trinajstić information content (AvgIpc) is 2.48. The number of benzene rings is 1. The SMILES string of the molecule is C=Nc1cccc(B2OC(C)(C)C(C)(C)O2)c1C. The minimum absolute atomic E-state index is 0.318. The van der Waals surface area contributed by atoms with Gasteiger partial charge in [0.2, 0.25) is 0 Å². The molecule has 0 saturated carbocycles. The second-order valence-electron chi connectivity index (χ2n) is 5.74. The third-order valence-corrected chi connectivity index (χ3v) is 4.02. The molecular weight excluding hydrogens is 225 g/mol. The Hall–Kier alpha value is -1.13. The molecule has 1 heterocycles. The van der Waals surface area contributed by atoms with Gasteiger partial charge in [0.25, 0.3) is 0 Å². The lowest BCUT2D eigenvalue weighted by Gasteiger charge is -2.32. The summed E-state index contributed by atoms with van der Waals surface area (Å²) in [7, 11) is -0.336. The van der Waals surface area contributed by atoms with Crippen LogP contribution >= 0.6 is 0 Å². The molecule has 1 aromatic carbocycles. The highest BCUT2D eigenvalue weighted by Gasteiger charge is 2.52. The molecule has 96 valence electrons. The summed E-state index contributed by atoms with van der Waals surface area (Å²) in [4.78, 5) is 4.01. The summed E-state index contributed by atoms with van der Waals surface area (Å²) in [5.41, 5.74) is 2.33. The van der Waals surface area contributed by atoms with Crippen molar-refractivity contribution in [3.05, 3.63) is 23.8 Å². The van der Waals surface area contributed by atoms with Gasteiger partial charge in [-0.1, -0.05) is 12.1 Å². The van der Waals surface area contributed by atoms with Crippen LogP contribution in [0.1, 0.15) is 33.3 Å². The first-order valence-corrected chi connectivity index (χ1v) is 6.20. The summed E-state index contributed by atoms with van der Waals surface area (Å²) in [6.45, 7) is 13.8. The monoisotopic (exact) mass is 245 g/mol. The molecular formula is C14H20BNO2. The van der Waals surface area contributed by atoms with Crippen molar-refractivity contribution in [1.29, 1.82) is 0 Å². The van der Waals surface area contributed by atoms with E-state index in [9.17, 15) is 0 Å². The van der Waals surface area contributed by atoms with Crippen molar-refractivity contribution in [1.82, 2.24) is 0 Å². The van der Waals surface area contributed by atoms with Crippen LogP contribution in [0.25, 0.3) is 0 Å². The third-order valence-electron chi connectivity index (χ3n) is 4.02. The Labute approximate surface area is 109 Å². The van der Waals surface area contributed by atoms with Gasteiger partial charge < -0.3 is 9.31 Å².